The molecule has 0 radical (unpaired) electrons. The third-order valence-electron chi connectivity index (χ3n) is 12.2. The molecule has 0 N–H and O–H groups in total. The summed E-state index contributed by atoms with van der Waals surface area (Å²) in [6.45, 7) is 11.4. The van der Waals surface area contributed by atoms with E-state index in [4.69, 9.17) is 37.9 Å². The lowest BCUT2D eigenvalue weighted by molar-refractivity contribution is -0.430. The summed E-state index contributed by atoms with van der Waals surface area (Å²) in [5.41, 5.74) is 4.91. The molecule has 2 aliphatic heterocycles. The van der Waals surface area contributed by atoms with E-state index >= 15 is 0 Å². The highest BCUT2D eigenvalue weighted by atomic mass is 16.9. The van der Waals surface area contributed by atoms with Crippen molar-refractivity contribution in [2.24, 2.45) is 0 Å². The molecule has 2 fully saturated rings. The van der Waals surface area contributed by atoms with Gasteiger partial charge >= 0.3 is 0 Å². The Kier molecular flexibility index (Phi) is 18.0. The second kappa shape index (κ2) is 23.3. The molecular weight excluding hydrogens is 741 g/mol. The highest BCUT2D eigenvalue weighted by molar-refractivity contribution is 5.57. The van der Waals surface area contributed by atoms with Crippen LogP contribution in [0.4, 0.5) is 0 Å². The van der Waals surface area contributed by atoms with Crippen LogP contribution in [0.3, 0.4) is 0 Å². The number of rotatable bonds is 26. The van der Waals surface area contributed by atoms with E-state index in [2.05, 4.69) is 100 Å². The Morgan fingerprint density at radius 2 is 0.932 bits per heavy atom. The maximum atomic E-state index is 6.68. The first-order chi connectivity index (χ1) is 29.0. The van der Waals surface area contributed by atoms with Crippen LogP contribution in [0.2, 0.25) is 0 Å². The molecule has 2 atom stereocenters. The number of fused-ring (bicyclic) bond motifs is 1. The highest BCUT2D eigenvalue weighted by Crippen LogP contribution is 2.49. The van der Waals surface area contributed by atoms with E-state index < -0.39 is 24.5 Å². The summed E-state index contributed by atoms with van der Waals surface area (Å²) in [7, 11) is 0. The quantitative estimate of drug-likeness (QED) is 0.0586. The summed E-state index contributed by atoms with van der Waals surface area (Å²) in [4.78, 5) is 0. The molecule has 0 aromatic heterocycles. The smallest absolute Gasteiger partial charge is 0.285 e. The minimum absolute atomic E-state index is 0.318. The van der Waals surface area contributed by atoms with E-state index in [1.54, 1.807) is 0 Å². The Morgan fingerprint density at radius 3 is 1.37 bits per heavy atom. The van der Waals surface area contributed by atoms with Crippen LogP contribution in [-0.4, -0.2) is 51.0 Å². The fourth-order valence-corrected chi connectivity index (χ4v) is 8.96. The maximum Gasteiger partial charge on any atom is 0.285 e. The lowest BCUT2D eigenvalue weighted by atomic mass is 9.70. The number of benzene rings is 3. The molecule has 2 saturated heterocycles. The van der Waals surface area contributed by atoms with Crippen molar-refractivity contribution in [2.75, 3.05) is 26.4 Å². The number of aryl methyl sites for hydroxylation is 1. The van der Waals surface area contributed by atoms with Crippen LogP contribution in [-0.2, 0) is 40.3 Å². The third kappa shape index (κ3) is 12.3. The largest absolute Gasteiger partial charge is 0.465 e. The highest BCUT2D eigenvalue weighted by Gasteiger charge is 2.43. The van der Waals surface area contributed by atoms with Crippen molar-refractivity contribution in [3.8, 4) is 11.5 Å². The molecule has 1 aliphatic carbocycles. The van der Waals surface area contributed by atoms with E-state index in [0.29, 0.717) is 39.3 Å². The molecule has 8 heteroatoms. The summed E-state index contributed by atoms with van der Waals surface area (Å²) >= 11 is 0. The second-order valence-corrected chi connectivity index (χ2v) is 16.8. The van der Waals surface area contributed by atoms with Gasteiger partial charge in [-0.3, -0.25) is 9.47 Å². The first-order valence-corrected chi connectivity index (χ1v) is 23.5. The van der Waals surface area contributed by atoms with Crippen molar-refractivity contribution in [3.05, 3.63) is 95.1 Å². The Balaban J connectivity index is 1.23. The topological polar surface area (TPSA) is 73.8 Å². The van der Waals surface area contributed by atoms with Gasteiger partial charge in [0.25, 0.3) is 11.9 Å². The van der Waals surface area contributed by atoms with Gasteiger partial charge < -0.3 is 28.4 Å². The van der Waals surface area contributed by atoms with E-state index in [1.807, 2.05) is 0 Å². The second-order valence-electron chi connectivity index (χ2n) is 16.8. The van der Waals surface area contributed by atoms with Crippen LogP contribution in [0.25, 0.3) is 0 Å². The molecule has 0 amide bonds. The summed E-state index contributed by atoms with van der Waals surface area (Å²) in [6, 6.07) is 26.3. The molecule has 6 rings (SSSR count). The molecule has 8 nitrogen and oxygen atoms in total. The summed E-state index contributed by atoms with van der Waals surface area (Å²) in [5.74, 6) is -0.528. The van der Waals surface area contributed by atoms with Crippen LogP contribution in [0.5, 0.6) is 11.5 Å². The van der Waals surface area contributed by atoms with Crippen molar-refractivity contribution in [2.45, 2.75) is 186 Å². The fraction of sp³-hybridized carbons (Fsp3) is 0.647. The predicted molar refractivity (Wildman–Crippen MR) is 234 cm³/mol. The van der Waals surface area contributed by atoms with Gasteiger partial charge in [-0.1, -0.05) is 128 Å². The van der Waals surface area contributed by atoms with Gasteiger partial charge in [0.15, 0.2) is 0 Å². The van der Waals surface area contributed by atoms with Crippen molar-refractivity contribution in [1.82, 2.24) is 0 Å². The van der Waals surface area contributed by atoms with Crippen molar-refractivity contribution < 1.29 is 37.9 Å². The number of ether oxygens (including phenoxy) is 8. The van der Waals surface area contributed by atoms with Gasteiger partial charge in [0.2, 0.25) is 12.6 Å². The third-order valence-corrected chi connectivity index (χ3v) is 12.2. The van der Waals surface area contributed by atoms with Gasteiger partial charge in [-0.05, 0) is 97.9 Å². The molecule has 3 aromatic rings. The number of hydrogen-bond donors (Lipinski definition) is 0. The standard InChI is InChI=1S/C51H74O8/c1-5-9-13-23-47(58-50(34-17-11-7-3)52-37-19-38-53-50)56-44-29-25-42(26-30-44)49(36-33-41-21-15-16-22-46(41)49)43-27-31-45(32-28-43)57-48(24-14-10-6-2)59-51(35-18-12-8-4)54-39-20-40-55-51/h15-16,21-22,25-32,47-48H,5-14,17-20,23-24,33-40H2,1-4H3. The molecular formula is C51H74O8. The van der Waals surface area contributed by atoms with Crippen molar-refractivity contribution in [1.29, 1.82) is 0 Å². The van der Waals surface area contributed by atoms with Gasteiger partial charge in [0.1, 0.15) is 11.5 Å². The van der Waals surface area contributed by atoms with Crippen LogP contribution >= 0.6 is 0 Å². The van der Waals surface area contributed by atoms with Crippen LogP contribution < -0.4 is 9.47 Å². The van der Waals surface area contributed by atoms with E-state index in [9.17, 15) is 0 Å². The molecule has 3 aliphatic rings. The molecule has 2 heterocycles. The SMILES string of the molecule is CCCCCC(Oc1ccc(C2(c3ccc(OC(CCCCC)OC4(CCCCC)OCCCO4)cc3)CCc3ccccc32)cc1)OC1(CCCCC)OCCCO1. The Hall–Kier alpha value is -2.98. The zero-order chi connectivity index (χ0) is 41.2. The molecule has 0 spiro atoms. The average molecular weight is 815 g/mol. The maximum absolute atomic E-state index is 6.68. The first-order valence-electron chi connectivity index (χ1n) is 23.5. The zero-order valence-corrected chi connectivity index (χ0v) is 36.8. The number of hydrogen-bond acceptors (Lipinski definition) is 8. The van der Waals surface area contributed by atoms with E-state index in [-0.39, 0.29) is 5.41 Å². The molecule has 0 saturated carbocycles. The van der Waals surface area contributed by atoms with Crippen LogP contribution in [0, 0.1) is 0 Å². The first kappa shape index (κ1) is 45.5. The average Bonchev–Trinajstić information content (AvgIpc) is 3.66. The molecule has 59 heavy (non-hydrogen) atoms. The lowest BCUT2D eigenvalue weighted by Gasteiger charge is -2.39. The van der Waals surface area contributed by atoms with Crippen molar-refractivity contribution >= 4 is 0 Å². The summed E-state index contributed by atoms with van der Waals surface area (Å²) in [5, 5.41) is 0. The van der Waals surface area contributed by atoms with Gasteiger partial charge in [0, 0.05) is 31.1 Å². The van der Waals surface area contributed by atoms with Gasteiger partial charge in [0.05, 0.1) is 26.4 Å². The summed E-state index contributed by atoms with van der Waals surface area (Å²) < 4.78 is 51.6. The van der Waals surface area contributed by atoms with Gasteiger partial charge in [-0.15, -0.1) is 0 Å². The molecule has 0 bridgehead atoms. The number of unbranched alkanes of at least 4 members (excludes halogenated alkanes) is 8. The molecule has 3 aromatic carbocycles. The Labute approximate surface area is 355 Å². The van der Waals surface area contributed by atoms with E-state index in [1.165, 1.54) is 22.3 Å². The van der Waals surface area contributed by atoms with Crippen molar-refractivity contribution in [3.63, 3.8) is 0 Å². The minimum atomic E-state index is -1.05. The van der Waals surface area contributed by atoms with Crippen LogP contribution in [0.1, 0.15) is 172 Å². The monoisotopic (exact) mass is 815 g/mol. The normalized spacial score (nSPS) is 20.8. The molecule has 326 valence electrons. The predicted octanol–water partition coefficient (Wildman–Crippen LogP) is 12.9. The Bertz CT molecular complexity index is 1520. The van der Waals surface area contributed by atoms with Crippen LogP contribution in [0.15, 0.2) is 72.8 Å². The Morgan fingerprint density at radius 1 is 0.508 bits per heavy atom. The minimum Gasteiger partial charge on any atom is -0.465 e. The summed E-state index contributed by atoms with van der Waals surface area (Å²) in [6.07, 6.45) is 18.7. The fourth-order valence-electron chi connectivity index (χ4n) is 8.96. The van der Waals surface area contributed by atoms with Gasteiger partial charge in [-0.2, -0.15) is 0 Å². The van der Waals surface area contributed by atoms with Gasteiger partial charge in [-0.25, -0.2) is 0 Å². The van der Waals surface area contributed by atoms with E-state index in [0.717, 1.165) is 127 Å². The lowest BCUT2D eigenvalue weighted by Crippen LogP contribution is -2.47. The molecule has 2 unspecified atom stereocenters. The zero-order valence-electron chi connectivity index (χ0n) is 36.8.